The molecule has 0 saturated carbocycles. The van der Waals surface area contributed by atoms with Crippen LogP contribution in [0.3, 0.4) is 0 Å². The minimum absolute atomic E-state index is 0.295. The van der Waals surface area contributed by atoms with Crippen molar-refractivity contribution in [1.29, 1.82) is 0 Å². The maximum absolute atomic E-state index is 14.4. The van der Waals surface area contributed by atoms with Gasteiger partial charge in [0.1, 0.15) is 18.0 Å². The number of carbonyl (C=O) groups excluding carboxylic acids is 2. The van der Waals surface area contributed by atoms with Crippen molar-refractivity contribution in [1.82, 2.24) is 4.72 Å². The molecule has 14 heteroatoms. The van der Waals surface area contributed by atoms with E-state index in [1.54, 1.807) is 4.72 Å². The van der Waals surface area contributed by atoms with Crippen LogP contribution in [0.2, 0.25) is 0 Å². The fraction of sp³-hybridized carbons (Fsp3) is 0.125. The Bertz CT molecular complexity index is 1110. The molecule has 1 aliphatic rings. The smallest absolute Gasteiger partial charge is 0.418 e. The molecule has 1 saturated heterocycles. The summed E-state index contributed by atoms with van der Waals surface area (Å²) in [5.74, 6) is -3.18. The molecule has 1 aliphatic heterocycles. The van der Waals surface area contributed by atoms with Crippen molar-refractivity contribution in [2.75, 3.05) is 21.5 Å². The molecule has 3 rings (SSSR count). The molecule has 4 N–H and O–H groups in total. The molecule has 0 unspecified atom stereocenters. The molecule has 0 radical (unpaired) electrons. The third-order valence-electron chi connectivity index (χ3n) is 3.85. The van der Waals surface area contributed by atoms with Gasteiger partial charge in [0.05, 0.1) is 11.3 Å². The number of rotatable bonds is 3. The monoisotopic (exact) mass is 448 g/mol. The minimum Gasteiger partial charge on any atom is -0.506 e. The van der Waals surface area contributed by atoms with Crippen LogP contribution in [0.1, 0.15) is 5.56 Å². The summed E-state index contributed by atoms with van der Waals surface area (Å²) in [7, 11) is -4.40. The molecule has 9 nitrogen and oxygen atoms in total. The van der Waals surface area contributed by atoms with Crippen molar-refractivity contribution >= 4 is 39.2 Å². The number of carbonyl (C=O) groups is 2. The van der Waals surface area contributed by atoms with E-state index in [4.69, 9.17) is 0 Å². The van der Waals surface area contributed by atoms with Gasteiger partial charge in [-0.1, -0.05) is 12.1 Å². The van der Waals surface area contributed by atoms with Crippen LogP contribution >= 0.6 is 0 Å². The average molecular weight is 448 g/mol. The number of anilines is 3. The molecular weight excluding hydrogens is 436 g/mol. The SMILES string of the molecule is O=C1CN(c2c(O)cc(NC(=O)Nc3ccccc3C(F)(F)F)cc2F)S(=O)(=O)N1. The number of urea groups is 1. The molecule has 1 heterocycles. The lowest BCUT2D eigenvalue weighted by molar-refractivity contribution is -0.136. The van der Waals surface area contributed by atoms with E-state index in [-0.39, 0.29) is 5.69 Å². The number of halogens is 4. The van der Waals surface area contributed by atoms with Gasteiger partial charge in [-0.2, -0.15) is 21.6 Å². The lowest BCUT2D eigenvalue weighted by Gasteiger charge is -2.18. The van der Waals surface area contributed by atoms with Crippen LogP contribution < -0.4 is 19.7 Å². The molecular formula is C16H12F4N4O5S. The number of phenolic OH excluding ortho intramolecular Hbond substituents is 1. The Morgan fingerprint density at radius 3 is 2.40 bits per heavy atom. The molecule has 30 heavy (non-hydrogen) atoms. The zero-order chi connectivity index (χ0) is 22.3. The van der Waals surface area contributed by atoms with E-state index in [0.29, 0.717) is 10.4 Å². The van der Waals surface area contributed by atoms with E-state index < -0.39 is 63.4 Å². The summed E-state index contributed by atoms with van der Waals surface area (Å²) >= 11 is 0. The lowest BCUT2D eigenvalue weighted by atomic mass is 10.1. The predicted molar refractivity (Wildman–Crippen MR) is 96.6 cm³/mol. The van der Waals surface area contributed by atoms with Gasteiger partial charge in [-0.3, -0.25) is 4.79 Å². The van der Waals surface area contributed by atoms with E-state index in [9.17, 15) is 40.7 Å². The summed E-state index contributed by atoms with van der Waals surface area (Å²) in [6, 6.07) is 4.37. The van der Waals surface area contributed by atoms with Crippen molar-refractivity contribution in [3.63, 3.8) is 0 Å². The van der Waals surface area contributed by atoms with Crippen molar-refractivity contribution in [3.05, 3.63) is 47.8 Å². The minimum atomic E-state index is -4.73. The standard InChI is InChI=1S/C16H12F4N4O5S/c17-10-5-8(6-12(25)14(10)24-7-13(26)23-30(24,28)29)21-15(27)22-11-4-2-1-3-9(11)16(18,19)20/h1-6,25H,7H2,(H,23,26)(H2,21,22,27). The molecule has 160 valence electrons. The highest BCUT2D eigenvalue weighted by Gasteiger charge is 2.37. The number of alkyl halides is 3. The van der Waals surface area contributed by atoms with Crippen LogP contribution in [0, 0.1) is 5.82 Å². The van der Waals surface area contributed by atoms with Crippen molar-refractivity contribution < 1.29 is 40.7 Å². The van der Waals surface area contributed by atoms with Gasteiger partial charge in [0.15, 0.2) is 5.82 Å². The second kappa shape index (κ2) is 7.37. The fourth-order valence-corrected chi connectivity index (χ4v) is 3.84. The predicted octanol–water partition coefficient (Wildman–Crippen LogP) is 2.38. The van der Waals surface area contributed by atoms with Crippen LogP contribution in [-0.2, 0) is 21.2 Å². The van der Waals surface area contributed by atoms with Crippen molar-refractivity contribution in [2.24, 2.45) is 0 Å². The van der Waals surface area contributed by atoms with E-state index in [2.05, 4.69) is 0 Å². The van der Waals surface area contributed by atoms with Gasteiger partial charge in [0.25, 0.3) is 5.91 Å². The Hall–Kier alpha value is -3.55. The molecule has 3 amide bonds. The van der Waals surface area contributed by atoms with Crippen LogP contribution in [0.4, 0.5) is 39.4 Å². The summed E-state index contributed by atoms with van der Waals surface area (Å²) in [6.45, 7) is -0.770. The summed E-state index contributed by atoms with van der Waals surface area (Å²) in [6.07, 6.45) is -4.73. The largest absolute Gasteiger partial charge is 0.506 e. The Labute approximate surface area is 166 Å². The highest BCUT2D eigenvalue weighted by atomic mass is 32.2. The first kappa shape index (κ1) is 21.2. The van der Waals surface area contributed by atoms with Crippen LogP contribution in [0.5, 0.6) is 5.75 Å². The van der Waals surface area contributed by atoms with Gasteiger partial charge in [-0.15, -0.1) is 0 Å². The van der Waals surface area contributed by atoms with Crippen LogP contribution in [0.15, 0.2) is 36.4 Å². The fourth-order valence-electron chi connectivity index (χ4n) is 2.67. The van der Waals surface area contributed by atoms with E-state index in [1.165, 1.54) is 6.07 Å². The molecule has 0 aromatic heterocycles. The molecule has 0 aliphatic carbocycles. The molecule has 0 bridgehead atoms. The highest BCUT2D eigenvalue weighted by molar-refractivity contribution is 7.92. The number of nitrogens with one attached hydrogen (secondary N) is 3. The normalized spacial score (nSPS) is 15.6. The summed E-state index contributed by atoms with van der Waals surface area (Å²) < 4.78 is 78.8. The molecule has 1 fully saturated rings. The second-order valence-corrected chi connectivity index (χ2v) is 7.58. The molecule has 2 aromatic rings. The van der Waals surface area contributed by atoms with Crippen molar-refractivity contribution in [3.8, 4) is 5.75 Å². The number of hydrogen-bond donors (Lipinski definition) is 4. The maximum atomic E-state index is 14.4. The van der Waals surface area contributed by atoms with Gasteiger partial charge in [-0.25, -0.2) is 18.2 Å². The highest BCUT2D eigenvalue weighted by Crippen LogP contribution is 2.37. The first-order valence-corrected chi connectivity index (χ1v) is 9.42. The van der Waals surface area contributed by atoms with Gasteiger partial charge in [0, 0.05) is 11.8 Å². The number of amides is 3. The van der Waals surface area contributed by atoms with Gasteiger partial charge < -0.3 is 15.7 Å². The first-order chi connectivity index (χ1) is 13.9. The molecule has 0 atom stereocenters. The van der Waals surface area contributed by atoms with Gasteiger partial charge in [0.2, 0.25) is 0 Å². The Morgan fingerprint density at radius 1 is 1.17 bits per heavy atom. The first-order valence-electron chi connectivity index (χ1n) is 7.98. The maximum Gasteiger partial charge on any atom is 0.418 e. The number of nitrogens with zero attached hydrogens (tertiary/aromatic N) is 1. The third kappa shape index (κ3) is 4.22. The topological polar surface area (TPSA) is 128 Å². The Morgan fingerprint density at radius 2 is 1.83 bits per heavy atom. The van der Waals surface area contributed by atoms with Gasteiger partial charge >= 0.3 is 22.4 Å². The third-order valence-corrected chi connectivity index (χ3v) is 5.23. The van der Waals surface area contributed by atoms with Crippen molar-refractivity contribution in [2.45, 2.75) is 6.18 Å². The average Bonchev–Trinajstić information content (AvgIpc) is 2.85. The zero-order valence-corrected chi connectivity index (χ0v) is 15.4. The summed E-state index contributed by atoms with van der Waals surface area (Å²) in [4.78, 5) is 23.3. The Kier molecular flexibility index (Phi) is 5.20. The van der Waals surface area contributed by atoms with E-state index in [0.717, 1.165) is 24.3 Å². The van der Waals surface area contributed by atoms with E-state index in [1.807, 2.05) is 10.6 Å². The van der Waals surface area contributed by atoms with Gasteiger partial charge in [-0.05, 0) is 18.2 Å². The summed E-state index contributed by atoms with van der Waals surface area (Å²) in [5, 5.41) is 14.0. The second-order valence-electron chi connectivity index (χ2n) is 5.99. The molecule has 2 aromatic carbocycles. The zero-order valence-electron chi connectivity index (χ0n) is 14.6. The number of para-hydroxylation sites is 1. The lowest BCUT2D eigenvalue weighted by Crippen LogP contribution is -2.30. The van der Waals surface area contributed by atoms with Crippen LogP contribution in [-0.4, -0.2) is 32.0 Å². The summed E-state index contributed by atoms with van der Waals surface area (Å²) in [5.41, 5.74) is -2.88. The van der Waals surface area contributed by atoms with Crippen LogP contribution in [0.25, 0.3) is 0 Å². The molecule has 0 spiro atoms. The van der Waals surface area contributed by atoms with E-state index >= 15 is 0 Å². The quantitative estimate of drug-likeness (QED) is 0.536. The number of hydrogen-bond acceptors (Lipinski definition) is 5. The number of aromatic hydroxyl groups is 1. The number of benzene rings is 2. The number of phenols is 1. The Balaban J connectivity index is 1.82.